The molecule has 2 heterocycles. The van der Waals surface area contributed by atoms with Gasteiger partial charge in [-0.15, -0.1) is 0 Å². The Morgan fingerprint density at radius 1 is 0.816 bits per heavy atom. The lowest BCUT2D eigenvalue weighted by atomic mass is 10.0. The zero-order valence-electron chi connectivity index (χ0n) is 27.8. The highest BCUT2D eigenvalue weighted by atomic mass is 35.5. The number of unbranched alkanes of at least 4 members (excludes halogenated alkanes) is 2. The normalized spacial score (nSPS) is 11.3. The first kappa shape index (κ1) is 33.6. The van der Waals surface area contributed by atoms with E-state index in [1.54, 1.807) is 28.8 Å². The van der Waals surface area contributed by atoms with Gasteiger partial charge in [0.1, 0.15) is 11.3 Å². The zero-order valence-corrected chi connectivity index (χ0v) is 28.6. The largest absolute Gasteiger partial charge is 0.356 e. The van der Waals surface area contributed by atoms with Crippen molar-refractivity contribution in [3.63, 3.8) is 0 Å². The lowest BCUT2D eigenvalue weighted by molar-refractivity contribution is -0.120. The number of nitrogens with zero attached hydrogens (tertiary/aromatic N) is 3. The van der Waals surface area contributed by atoms with Crippen LogP contribution in [0.15, 0.2) is 83.5 Å². The molecule has 0 unspecified atom stereocenters. The van der Waals surface area contributed by atoms with Gasteiger partial charge < -0.3 is 10.6 Å². The fourth-order valence-electron chi connectivity index (χ4n) is 6.15. The third-order valence-corrected chi connectivity index (χ3v) is 9.08. The summed E-state index contributed by atoms with van der Waals surface area (Å²) in [5, 5.41) is 15.8. The number of amides is 1. The van der Waals surface area contributed by atoms with Crippen molar-refractivity contribution in [3.05, 3.63) is 117 Å². The number of carbonyl (C=O) groups excluding carboxylic acids is 3. The molecule has 0 aliphatic heterocycles. The first-order chi connectivity index (χ1) is 23.7. The van der Waals surface area contributed by atoms with Crippen LogP contribution in [0.25, 0.3) is 21.9 Å². The van der Waals surface area contributed by atoms with Crippen LogP contribution in [0.2, 0.25) is 5.02 Å². The Morgan fingerprint density at radius 2 is 1.57 bits per heavy atom. The maximum absolute atomic E-state index is 13.5. The van der Waals surface area contributed by atoms with Crippen molar-refractivity contribution >= 4 is 62.5 Å². The Balaban J connectivity index is 0.952. The number of hydrogen-bond donors (Lipinski definition) is 2. The number of anilines is 2. The summed E-state index contributed by atoms with van der Waals surface area (Å²) in [6, 6.07) is 24.5. The van der Waals surface area contributed by atoms with Gasteiger partial charge in [-0.05, 0) is 115 Å². The molecule has 0 saturated carbocycles. The second-order valence-corrected chi connectivity index (χ2v) is 12.9. The van der Waals surface area contributed by atoms with Crippen molar-refractivity contribution < 1.29 is 19.0 Å². The average Bonchev–Trinajstić information content (AvgIpc) is 3.69. The van der Waals surface area contributed by atoms with Gasteiger partial charge >= 0.3 is 0 Å². The summed E-state index contributed by atoms with van der Waals surface area (Å²) >= 11 is 6.03. The van der Waals surface area contributed by atoms with Gasteiger partial charge in [0.2, 0.25) is 5.91 Å². The van der Waals surface area contributed by atoms with Crippen LogP contribution in [0.3, 0.4) is 0 Å². The predicted molar refractivity (Wildman–Crippen MR) is 193 cm³/mol. The standard InChI is InChI=1S/C39H38ClN5O4/c1-24-8-19-35-33(21-24)32(26(3)45(35)39(48)28-12-14-29(40)15-13-28)23-36(47)41-20-6-4-5-7-31(46)22-27-10-16-30(17-11-27)42-34-18-9-25(2)37-38(34)44-49-43-37/h8-19,21,42H,4-7,20,22-23H2,1-3H3,(H,41,47). The summed E-state index contributed by atoms with van der Waals surface area (Å²) in [5.41, 5.74) is 8.99. The molecule has 9 nitrogen and oxygen atoms in total. The van der Waals surface area contributed by atoms with E-state index >= 15 is 0 Å². The van der Waals surface area contributed by atoms with Crippen LogP contribution in [0.1, 0.15) is 64.0 Å². The number of nitrogens with one attached hydrogen (secondary N) is 2. The van der Waals surface area contributed by atoms with Crippen LogP contribution < -0.4 is 10.6 Å². The molecule has 250 valence electrons. The molecule has 0 bridgehead atoms. The quantitative estimate of drug-likeness (QED) is 0.118. The molecule has 0 atom stereocenters. The highest BCUT2D eigenvalue weighted by molar-refractivity contribution is 6.30. The van der Waals surface area contributed by atoms with Gasteiger partial charge in [-0.25, -0.2) is 4.63 Å². The maximum Gasteiger partial charge on any atom is 0.262 e. The third kappa shape index (κ3) is 7.73. The fourth-order valence-corrected chi connectivity index (χ4v) is 6.27. The molecular weight excluding hydrogens is 638 g/mol. The molecule has 6 rings (SSSR count). The second kappa shape index (κ2) is 14.9. The summed E-state index contributed by atoms with van der Waals surface area (Å²) in [4.78, 5) is 39.2. The number of Topliss-reactive ketones (excluding diaryl/α,β-unsaturated/α-hetero) is 1. The molecule has 6 aromatic rings. The van der Waals surface area contributed by atoms with Crippen LogP contribution in [-0.2, 0) is 22.4 Å². The second-order valence-electron chi connectivity index (χ2n) is 12.5. The smallest absolute Gasteiger partial charge is 0.262 e. The molecule has 0 spiro atoms. The van der Waals surface area contributed by atoms with E-state index in [1.807, 2.05) is 75.4 Å². The fraction of sp³-hybridized carbons (Fsp3) is 0.256. The molecule has 2 aromatic heterocycles. The minimum atomic E-state index is -0.163. The van der Waals surface area contributed by atoms with E-state index in [0.29, 0.717) is 35.5 Å². The highest BCUT2D eigenvalue weighted by Gasteiger charge is 2.21. The molecule has 0 aliphatic rings. The number of benzene rings is 4. The molecule has 4 aromatic carbocycles. The van der Waals surface area contributed by atoms with Crippen LogP contribution in [0.5, 0.6) is 0 Å². The SMILES string of the molecule is Cc1ccc2c(c1)c(CC(=O)NCCCCCC(=O)Cc1ccc(Nc3ccc(C)c4nonc34)cc1)c(C)n2C(=O)c1ccc(Cl)cc1. The molecule has 0 aliphatic carbocycles. The van der Waals surface area contributed by atoms with E-state index in [0.717, 1.165) is 75.0 Å². The van der Waals surface area contributed by atoms with Crippen LogP contribution in [0, 0.1) is 20.8 Å². The molecule has 2 N–H and O–H groups in total. The van der Waals surface area contributed by atoms with Crippen molar-refractivity contribution in [1.29, 1.82) is 0 Å². The van der Waals surface area contributed by atoms with E-state index in [-0.39, 0.29) is 24.0 Å². The first-order valence-corrected chi connectivity index (χ1v) is 16.8. The number of fused-ring (bicyclic) bond motifs is 2. The number of carbonyl (C=O) groups is 3. The molecule has 10 heteroatoms. The minimum absolute atomic E-state index is 0.0962. The van der Waals surface area contributed by atoms with E-state index in [4.69, 9.17) is 16.2 Å². The molecule has 0 fully saturated rings. The van der Waals surface area contributed by atoms with Gasteiger partial charge in [0.05, 0.1) is 17.6 Å². The molecule has 1 amide bonds. The number of hydrogen-bond acceptors (Lipinski definition) is 7. The van der Waals surface area contributed by atoms with Crippen LogP contribution in [0.4, 0.5) is 11.4 Å². The zero-order chi connectivity index (χ0) is 34.5. The molecule has 0 radical (unpaired) electrons. The summed E-state index contributed by atoms with van der Waals surface area (Å²) in [6.07, 6.45) is 3.43. The Bertz CT molecular complexity index is 2150. The Morgan fingerprint density at radius 3 is 2.35 bits per heavy atom. The van der Waals surface area contributed by atoms with E-state index < -0.39 is 0 Å². The van der Waals surface area contributed by atoms with Crippen molar-refractivity contribution in [3.8, 4) is 0 Å². The number of ketones is 1. The Kier molecular flexibility index (Phi) is 10.2. The monoisotopic (exact) mass is 675 g/mol. The molecular formula is C39H38ClN5O4. The maximum atomic E-state index is 13.5. The minimum Gasteiger partial charge on any atom is -0.356 e. The predicted octanol–water partition coefficient (Wildman–Crippen LogP) is 8.22. The summed E-state index contributed by atoms with van der Waals surface area (Å²) < 4.78 is 6.59. The van der Waals surface area contributed by atoms with Gasteiger partial charge in [-0.1, -0.05) is 47.9 Å². The number of aromatic nitrogens is 3. The van der Waals surface area contributed by atoms with E-state index in [2.05, 4.69) is 20.9 Å². The third-order valence-electron chi connectivity index (χ3n) is 8.83. The lowest BCUT2D eigenvalue weighted by Crippen LogP contribution is -2.26. The van der Waals surface area contributed by atoms with Gasteiger partial charge in [0.15, 0.2) is 5.52 Å². The van der Waals surface area contributed by atoms with E-state index in [9.17, 15) is 14.4 Å². The van der Waals surface area contributed by atoms with Crippen molar-refractivity contribution in [2.75, 3.05) is 11.9 Å². The van der Waals surface area contributed by atoms with Crippen molar-refractivity contribution in [2.45, 2.75) is 59.3 Å². The van der Waals surface area contributed by atoms with Gasteiger partial charge in [-0.3, -0.25) is 19.0 Å². The van der Waals surface area contributed by atoms with Crippen molar-refractivity contribution in [1.82, 2.24) is 20.2 Å². The topological polar surface area (TPSA) is 119 Å². The Hall–Kier alpha value is -5.28. The van der Waals surface area contributed by atoms with Crippen molar-refractivity contribution in [2.24, 2.45) is 0 Å². The highest BCUT2D eigenvalue weighted by Crippen LogP contribution is 2.29. The van der Waals surface area contributed by atoms with Crippen LogP contribution >= 0.6 is 11.6 Å². The van der Waals surface area contributed by atoms with Gasteiger partial charge in [-0.2, -0.15) is 0 Å². The summed E-state index contributed by atoms with van der Waals surface area (Å²) in [5.74, 6) is -0.0708. The van der Waals surface area contributed by atoms with E-state index in [1.165, 1.54) is 0 Å². The van der Waals surface area contributed by atoms with Gasteiger partial charge in [0.25, 0.3) is 5.91 Å². The van der Waals surface area contributed by atoms with Crippen LogP contribution in [-0.4, -0.2) is 39.0 Å². The van der Waals surface area contributed by atoms with Gasteiger partial charge in [0, 0.05) is 46.7 Å². The average molecular weight is 676 g/mol. The molecule has 49 heavy (non-hydrogen) atoms. The molecule has 0 saturated heterocycles. The lowest BCUT2D eigenvalue weighted by Gasteiger charge is -2.09. The summed E-state index contributed by atoms with van der Waals surface area (Å²) in [6.45, 7) is 6.37. The number of aryl methyl sites for hydroxylation is 2. The number of rotatable bonds is 13. The summed E-state index contributed by atoms with van der Waals surface area (Å²) in [7, 11) is 0. The first-order valence-electron chi connectivity index (χ1n) is 16.4. The Labute approximate surface area is 289 Å². The number of halogens is 1.